The van der Waals surface area contributed by atoms with Crippen LogP contribution in [0.5, 0.6) is 0 Å². The number of halogens is 5. The van der Waals surface area contributed by atoms with Gasteiger partial charge >= 0.3 is 6.18 Å². The van der Waals surface area contributed by atoms with Crippen molar-refractivity contribution in [2.75, 3.05) is 18.8 Å². The molecule has 1 unspecified atom stereocenters. The molecule has 0 bridgehead atoms. The number of pyridine rings is 2. The maximum Gasteiger partial charge on any atom is 0.420 e. The van der Waals surface area contributed by atoms with Crippen molar-refractivity contribution in [1.29, 1.82) is 0 Å². The molecule has 1 fully saturated rings. The van der Waals surface area contributed by atoms with E-state index in [2.05, 4.69) is 9.97 Å². The van der Waals surface area contributed by atoms with Crippen LogP contribution in [0.3, 0.4) is 0 Å². The Morgan fingerprint density at radius 2 is 1.97 bits per heavy atom. The molecule has 4 aromatic rings. The van der Waals surface area contributed by atoms with Crippen molar-refractivity contribution in [3.8, 4) is 11.1 Å². The Morgan fingerprint density at radius 1 is 1.17 bits per heavy atom. The summed E-state index contributed by atoms with van der Waals surface area (Å²) in [7, 11) is 0. The summed E-state index contributed by atoms with van der Waals surface area (Å²) in [4.78, 5) is 22.6. The van der Waals surface area contributed by atoms with Crippen LogP contribution in [0.15, 0.2) is 54.9 Å². The van der Waals surface area contributed by atoms with Gasteiger partial charge in [0, 0.05) is 42.5 Å². The fourth-order valence-electron chi connectivity index (χ4n) is 4.40. The summed E-state index contributed by atoms with van der Waals surface area (Å²) in [5.41, 5.74) is 5.20. The minimum absolute atomic E-state index is 0.0490. The number of carbonyl (C=O) groups is 1. The first-order valence-electron chi connectivity index (χ1n) is 10.7. The van der Waals surface area contributed by atoms with E-state index in [0.29, 0.717) is 13.0 Å². The second-order valence-corrected chi connectivity index (χ2v) is 8.67. The number of hydrogen-bond acceptors (Lipinski definition) is 4. The molecule has 4 heterocycles. The van der Waals surface area contributed by atoms with Gasteiger partial charge in [-0.05, 0) is 42.3 Å². The average molecular weight is 504 g/mol. The van der Waals surface area contributed by atoms with Crippen molar-refractivity contribution in [2.45, 2.75) is 18.5 Å². The maximum absolute atomic E-state index is 14.0. The molecule has 11 heteroatoms. The van der Waals surface area contributed by atoms with Gasteiger partial charge in [-0.15, -0.1) is 0 Å². The van der Waals surface area contributed by atoms with Gasteiger partial charge in [0.2, 0.25) is 0 Å². The first-order valence-corrected chi connectivity index (χ1v) is 11.1. The van der Waals surface area contributed by atoms with Gasteiger partial charge in [-0.1, -0.05) is 23.7 Å². The summed E-state index contributed by atoms with van der Waals surface area (Å²) < 4.78 is 56.5. The van der Waals surface area contributed by atoms with Gasteiger partial charge in [0.05, 0.1) is 5.56 Å². The van der Waals surface area contributed by atoms with Crippen LogP contribution in [0.1, 0.15) is 34.0 Å². The molecule has 5 rings (SSSR count). The molecule has 1 aliphatic heterocycles. The lowest BCUT2D eigenvalue weighted by atomic mass is 9.98. The normalized spacial score (nSPS) is 16.3. The third-order valence-corrected chi connectivity index (χ3v) is 6.48. The Labute approximate surface area is 202 Å². The summed E-state index contributed by atoms with van der Waals surface area (Å²) in [6.45, 7) is 0.615. The molecule has 0 radical (unpaired) electrons. The van der Waals surface area contributed by atoms with Crippen molar-refractivity contribution in [2.24, 2.45) is 0 Å². The van der Waals surface area contributed by atoms with Crippen molar-refractivity contribution in [1.82, 2.24) is 19.3 Å². The molecule has 1 aromatic carbocycles. The van der Waals surface area contributed by atoms with Crippen LogP contribution in [-0.2, 0) is 6.18 Å². The molecule has 0 spiro atoms. The summed E-state index contributed by atoms with van der Waals surface area (Å²) >= 11 is 6.42. The van der Waals surface area contributed by atoms with E-state index in [4.69, 9.17) is 17.3 Å². The SMILES string of the molecule is Nc1ncccc1-c1cc(C(F)(F)F)c2nc(C(=O)N3CCC(c4cccc(F)c4)C3)c(Cl)n2c1. The maximum atomic E-state index is 14.0. The lowest BCUT2D eigenvalue weighted by molar-refractivity contribution is -0.136. The molecule has 1 aliphatic rings. The molecular formula is C24H18ClF4N5O. The fourth-order valence-corrected chi connectivity index (χ4v) is 4.65. The number of carbonyl (C=O) groups excluding carboxylic acids is 1. The molecular weight excluding hydrogens is 486 g/mol. The molecule has 35 heavy (non-hydrogen) atoms. The Kier molecular flexibility index (Phi) is 5.63. The number of benzene rings is 1. The molecule has 1 atom stereocenters. The van der Waals surface area contributed by atoms with E-state index in [0.717, 1.165) is 16.0 Å². The van der Waals surface area contributed by atoms with Gasteiger partial charge in [-0.3, -0.25) is 9.20 Å². The number of likely N-dealkylation sites (tertiary alicyclic amines) is 1. The quantitative estimate of drug-likeness (QED) is 0.379. The van der Waals surface area contributed by atoms with E-state index in [1.807, 2.05) is 0 Å². The van der Waals surface area contributed by atoms with Gasteiger partial charge in [0.15, 0.2) is 11.3 Å². The van der Waals surface area contributed by atoms with Crippen LogP contribution in [0.2, 0.25) is 5.15 Å². The van der Waals surface area contributed by atoms with E-state index >= 15 is 0 Å². The van der Waals surface area contributed by atoms with Crippen LogP contribution in [0.4, 0.5) is 23.4 Å². The summed E-state index contributed by atoms with van der Waals surface area (Å²) in [6.07, 6.45) is -1.41. The number of imidazole rings is 1. The van der Waals surface area contributed by atoms with Crippen LogP contribution in [-0.4, -0.2) is 38.3 Å². The van der Waals surface area contributed by atoms with E-state index in [9.17, 15) is 22.4 Å². The number of aromatic nitrogens is 3. The van der Waals surface area contributed by atoms with Gasteiger partial charge in [0.1, 0.15) is 16.8 Å². The number of nitrogens with zero attached hydrogens (tertiary/aromatic N) is 4. The summed E-state index contributed by atoms with van der Waals surface area (Å²) in [5, 5.41) is -0.242. The van der Waals surface area contributed by atoms with E-state index < -0.39 is 23.3 Å². The summed E-state index contributed by atoms with van der Waals surface area (Å²) in [6, 6.07) is 10.1. The third kappa shape index (κ3) is 4.18. The Hall–Kier alpha value is -3.66. The largest absolute Gasteiger partial charge is 0.420 e. The van der Waals surface area contributed by atoms with Crippen LogP contribution < -0.4 is 5.73 Å². The zero-order valence-corrected chi connectivity index (χ0v) is 18.8. The second kappa shape index (κ2) is 8.53. The van der Waals surface area contributed by atoms with Crippen LogP contribution in [0, 0.1) is 5.82 Å². The lowest BCUT2D eigenvalue weighted by Gasteiger charge is -2.15. The average Bonchev–Trinajstić information content (AvgIpc) is 3.43. The molecule has 6 nitrogen and oxygen atoms in total. The van der Waals surface area contributed by atoms with E-state index in [1.54, 1.807) is 18.2 Å². The molecule has 180 valence electrons. The number of alkyl halides is 3. The molecule has 2 N–H and O–H groups in total. The molecule has 1 amide bonds. The minimum atomic E-state index is -4.76. The number of amides is 1. The lowest BCUT2D eigenvalue weighted by Crippen LogP contribution is -2.29. The first kappa shape index (κ1) is 23.1. The van der Waals surface area contributed by atoms with Crippen LogP contribution >= 0.6 is 11.6 Å². The second-order valence-electron chi connectivity index (χ2n) is 8.31. The van der Waals surface area contributed by atoms with Crippen molar-refractivity contribution in [3.05, 3.63) is 82.6 Å². The molecule has 3 aromatic heterocycles. The van der Waals surface area contributed by atoms with E-state index in [-0.39, 0.29) is 46.1 Å². The Balaban J connectivity index is 1.55. The zero-order chi connectivity index (χ0) is 24.9. The van der Waals surface area contributed by atoms with Crippen LogP contribution in [0.25, 0.3) is 16.8 Å². The smallest absolute Gasteiger partial charge is 0.383 e. The highest BCUT2D eigenvalue weighted by atomic mass is 35.5. The fraction of sp³-hybridized carbons (Fsp3) is 0.208. The van der Waals surface area contributed by atoms with E-state index in [1.165, 1.54) is 35.5 Å². The van der Waals surface area contributed by atoms with Crippen molar-refractivity contribution < 1.29 is 22.4 Å². The first-order chi connectivity index (χ1) is 16.6. The number of fused-ring (bicyclic) bond motifs is 1. The number of nitrogens with two attached hydrogens (primary N) is 1. The van der Waals surface area contributed by atoms with Gasteiger partial charge in [0.25, 0.3) is 5.91 Å². The number of hydrogen-bond donors (Lipinski definition) is 1. The van der Waals surface area contributed by atoms with Gasteiger partial charge in [-0.2, -0.15) is 13.2 Å². The highest BCUT2D eigenvalue weighted by molar-refractivity contribution is 6.33. The minimum Gasteiger partial charge on any atom is -0.383 e. The van der Waals surface area contributed by atoms with Crippen molar-refractivity contribution in [3.63, 3.8) is 0 Å². The summed E-state index contributed by atoms with van der Waals surface area (Å²) in [5.74, 6) is -1.02. The highest BCUT2D eigenvalue weighted by Gasteiger charge is 2.37. The Morgan fingerprint density at radius 3 is 2.69 bits per heavy atom. The zero-order valence-electron chi connectivity index (χ0n) is 18.1. The van der Waals surface area contributed by atoms with Gasteiger partial charge in [-0.25, -0.2) is 14.4 Å². The predicted molar refractivity (Wildman–Crippen MR) is 123 cm³/mol. The molecule has 1 saturated heterocycles. The third-order valence-electron chi connectivity index (χ3n) is 6.11. The number of nitrogen functional groups attached to an aromatic ring is 1. The predicted octanol–water partition coefficient (Wildman–Crippen LogP) is 5.42. The standard InChI is InChI=1S/C24H18ClF4N5O/c25-20-19(23(35)33-8-6-14(11-33)13-3-1-4-16(26)9-13)32-22-18(24(27,28)29)10-15(12-34(20)22)17-5-2-7-31-21(17)30/h1-5,7,9-10,12,14H,6,8,11H2,(H2,30,31). The monoisotopic (exact) mass is 503 g/mol. The van der Waals surface area contributed by atoms with Crippen molar-refractivity contribution >= 4 is 29.0 Å². The topological polar surface area (TPSA) is 76.5 Å². The number of rotatable bonds is 3. The molecule has 0 aliphatic carbocycles. The number of anilines is 1. The highest BCUT2D eigenvalue weighted by Crippen LogP contribution is 2.38. The molecule has 0 saturated carbocycles. The Bertz CT molecular complexity index is 1450. The van der Waals surface area contributed by atoms with Gasteiger partial charge < -0.3 is 10.6 Å².